The second-order valence-corrected chi connectivity index (χ2v) is 6.87. The number of carbonyl (C=O) groups is 2. The van der Waals surface area contributed by atoms with Gasteiger partial charge in [-0.15, -0.1) is 0 Å². The topological polar surface area (TPSA) is 65.5 Å². The van der Waals surface area contributed by atoms with Crippen LogP contribution < -0.4 is 10.2 Å². The molecule has 0 unspecified atom stereocenters. The van der Waals surface area contributed by atoms with Crippen LogP contribution in [-0.4, -0.2) is 47.9 Å². The molecule has 1 fully saturated rings. The van der Waals surface area contributed by atoms with Crippen molar-refractivity contribution in [2.24, 2.45) is 0 Å². The van der Waals surface area contributed by atoms with E-state index in [1.54, 1.807) is 18.3 Å². The molecular weight excluding hydrogens is 364 g/mol. The Hall–Kier alpha value is -3.67. The van der Waals surface area contributed by atoms with E-state index in [0.29, 0.717) is 24.3 Å². The third kappa shape index (κ3) is 4.43. The first-order valence-corrected chi connectivity index (χ1v) is 9.62. The first kappa shape index (κ1) is 18.7. The minimum Gasteiger partial charge on any atom is -0.353 e. The highest BCUT2D eigenvalue weighted by atomic mass is 16.2. The lowest BCUT2D eigenvalue weighted by atomic mass is 10.2. The number of amides is 2. The summed E-state index contributed by atoms with van der Waals surface area (Å²) in [5.74, 6) is 0.750. The lowest BCUT2D eigenvalue weighted by Gasteiger charge is -2.35. The summed E-state index contributed by atoms with van der Waals surface area (Å²) >= 11 is 0. The molecule has 0 atom stereocenters. The maximum atomic E-state index is 12.6. The quantitative estimate of drug-likeness (QED) is 0.747. The van der Waals surface area contributed by atoms with Crippen molar-refractivity contribution in [3.63, 3.8) is 0 Å². The highest BCUT2D eigenvalue weighted by Gasteiger charge is 2.22. The summed E-state index contributed by atoms with van der Waals surface area (Å²) in [5.41, 5.74) is 1.98. The van der Waals surface area contributed by atoms with E-state index in [1.165, 1.54) is 0 Å². The van der Waals surface area contributed by atoms with Gasteiger partial charge in [0, 0.05) is 37.3 Å². The Balaban J connectivity index is 1.33. The molecular formula is C23H22N4O2. The molecule has 29 heavy (non-hydrogen) atoms. The minimum absolute atomic E-state index is 0.0668. The molecule has 0 spiro atoms. The Morgan fingerprint density at radius 3 is 1.97 bits per heavy atom. The molecule has 2 heterocycles. The minimum atomic E-state index is -0.159. The fourth-order valence-corrected chi connectivity index (χ4v) is 3.34. The van der Waals surface area contributed by atoms with Crippen LogP contribution in [0.3, 0.4) is 0 Å². The van der Waals surface area contributed by atoms with E-state index in [4.69, 9.17) is 0 Å². The van der Waals surface area contributed by atoms with Crippen molar-refractivity contribution in [3.8, 4) is 0 Å². The molecule has 1 aromatic heterocycles. The summed E-state index contributed by atoms with van der Waals surface area (Å²) in [6.45, 7) is 2.76. The number of rotatable bonds is 4. The van der Waals surface area contributed by atoms with Gasteiger partial charge in [0.05, 0.1) is 11.9 Å². The highest BCUT2D eigenvalue weighted by molar-refractivity contribution is 6.04. The number of carbonyl (C=O) groups excluding carboxylic acids is 2. The number of piperazine rings is 1. The van der Waals surface area contributed by atoms with Crippen molar-refractivity contribution >= 4 is 23.3 Å². The number of nitrogens with one attached hydrogen (secondary N) is 1. The van der Waals surface area contributed by atoms with Crippen LogP contribution in [0.5, 0.6) is 0 Å². The fraction of sp³-hybridized carbons (Fsp3) is 0.174. The van der Waals surface area contributed by atoms with E-state index in [-0.39, 0.29) is 11.8 Å². The first-order valence-electron chi connectivity index (χ1n) is 9.62. The van der Waals surface area contributed by atoms with Gasteiger partial charge in [0.25, 0.3) is 11.8 Å². The van der Waals surface area contributed by atoms with Crippen molar-refractivity contribution < 1.29 is 9.59 Å². The molecule has 4 rings (SSSR count). The molecule has 0 saturated carbocycles. The van der Waals surface area contributed by atoms with Gasteiger partial charge in [-0.05, 0) is 36.4 Å². The van der Waals surface area contributed by atoms with E-state index < -0.39 is 0 Å². The molecule has 0 aliphatic carbocycles. The maximum Gasteiger partial charge on any atom is 0.255 e. The Labute approximate surface area is 169 Å². The zero-order valence-electron chi connectivity index (χ0n) is 16.0. The zero-order chi connectivity index (χ0) is 20.1. The van der Waals surface area contributed by atoms with Crippen molar-refractivity contribution in [1.82, 2.24) is 9.88 Å². The maximum absolute atomic E-state index is 12.6. The number of aromatic nitrogens is 1. The van der Waals surface area contributed by atoms with Crippen LogP contribution in [0.2, 0.25) is 0 Å². The molecule has 1 aliphatic heterocycles. The predicted octanol–water partition coefficient (Wildman–Crippen LogP) is 3.30. The summed E-state index contributed by atoms with van der Waals surface area (Å²) < 4.78 is 0. The molecule has 0 bridgehead atoms. The van der Waals surface area contributed by atoms with Gasteiger partial charge in [0.15, 0.2) is 0 Å². The van der Waals surface area contributed by atoms with E-state index >= 15 is 0 Å². The van der Waals surface area contributed by atoms with E-state index in [1.807, 2.05) is 65.6 Å². The molecule has 1 saturated heterocycles. The molecule has 146 valence electrons. The Bertz CT molecular complexity index is 967. The molecule has 6 heteroatoms. The summed E-state index contributed by atoms with van der Waals surface area (Å²) in [5, 5.41) is 2.86. The van der Waals surface area contributed by atoms with Gasteiger partial charge < -0.3 is 15.1 Å². The number of benzene rings is 2. The Kier molecular flexibility index (Phi) is 5.52. The summed E-state index contributed by atoms with van der Waals surface area (Å²) in [6.07, 6.45) is 1.66. The lowest BCUT2D eigenvalue weighted by molar-refractivity contribution is 0.0746. The smallest absolute Gasteiger partial charge is 0.255 e. The molecule has 1 N–H and O–H groups in total. The van der Waals surface area contributed by atoms with Gasteiger partial charge in [0.1, 0.15) is 5.82 Å². The third-order valence-corrected chi connectivity index (χ3v) is 4.95. The Morgan fingerprint density at radius 1 is 0.759 bits per heavy atom. The van der Waals surface area contributed by atoms with Crippen LogP contribution in [0.1, 0.15) is 20.7 Å². The van der Waals surface area contributed by atoms with Gasteiger partial charge >= 0.3 is 0 Å². The third-order valence-electron chi connectivity index (χ3n) is 4.95. The Morgan fingerprint density at radius 2 is 1.38 bits per heavy atom. The SMILES string of the molecule is O=C(Nc1ccc(N2CCN(C(=O)c3ccccc3)CC2)nc1)c1ccccc1. The highest BCUT2D eigenvalue weighted by Crippen LogP contribution is 2.18. The number of hydrogen-bond donors (Lipinski definition) is 1. The second-order valence-electron chi connectivity index (χ2n) is 6.87. The van der Waals surface area contributed by atoms with Gasteiger partial charge in [0.2, 0.25) is 0 Å². The molecule has 0 radical (unpaired) electrons. The number of nitrogens with zero attached hydrogens (tertiary/aromatic N) is 3. The lowest BCUT2D eigenvalue weighted by Crippen LogP contribution is -2.49. The van der Waals surface area contributed by atoms with E-state index in [9.17, 15) is 9.59 Å². The number of hydrogen-bond acceptors (Lipinski definition) is 4. The van der Waals surface area contributed by atoms with Crippen LogP contribution in [-0.2, 0) is 0 Å². The number of pyridine rings is 1. The molecule has 3 aromatic rings. The van der Waals surface area contributed by atoms with Gasteiger partial charge in [-0.1, -0.05) is 36.4 Å². The first-order chi connectivity index (χ1) is 14.2. The molecule has 2 aromatic carbocycles. The normalized spacial score (nSPS) is 13.8. The average molecular weight is 386 g/mol. The van der Waals surface area contributed by atoms with Crippen LogP contribution >= 0.6 is 0 Å². The van der Waals surface area contributed by atoms with Crippen LogP contribution in [0.15, 0.2) is 79.0 Å². The average Bonchev–Trinajstić information content (AvgIpc) is 2.80. The fourth-order valence-electron chi connectivity index (χ4n) is 3.34. The second kappa shape index (κ2) is 8.56. The summed E-state index contributed by atoms with van der Waals surface area (Å²) in [7, 11) is 0. The van der Waals surface area contributed by atoms with Crippen molar-refractivity contribution in [2.75, 3.05) is 36.4 Å². The van der Waals surface area contributed by atoms with Crippen molar-refractivity contribution in [3.05, 3.63) is 90.1 Å². The van der Waals surface area contributed by atoms with Gasteiger partial charge in [-0.3, -0.25) is 9.59 Å². The van der Waals surface area contributed by atoms with Crippen molar-refractivity contribution in [1.29, 1.82) is 0 Å². The van der Waals surface area contributed by atoms with Crippen LogP contribution in [0.25, 0.3) is 0 Å². The number of anilines is 2. The molecule has 1 aliphatic rings. The van der Waals surface area contributed by atoms with Crippen molar-refractivity contribution in [2.45, 2.75) is 0 Å². The summed E-state index contributed by atoms with van der Waals surface area (Å²) in [4.78, 5) is 33.3. The predicted molar refractivity (Wildman–Crippen MR) is 113 cm³/mol. The zero-order valence-corrected chi connectivity index (χ0v) is 16.0. The monoisotopic (exact) mass is 386 g/mol. The largest absolute Gasteiger partial charge is 0.353 e. The van der Waals surface area contributed by atoms with E-state index in [2.05, 4.69) is 15.2 Å². The van der Waals surface area contributed by atoms with Crippen LogP contribution in [0, 0.1) is 0 Å². The summed E-state index contributed by atoms with van der Waals surface area (Å²) in [6, 6.07) is 22.2. The van der Waals surface area contributed by atoms with E-state index in [0.717, 1.165) is 24.5 Å². The molecule has 2 amide bonds. The van der Waals surface area contributed by atoms with Gasteiger partial charge in [-0.25, -0.2) is 4.98 Å². The molecule has 6 nitrogen and oxygen atoms in total. The van der Waals surface area contributed by atoms with Gasteiger partial charge in [-0.2, -0.15) is 0 Å². The standard InChI is InChI=1S/C23H22N4O2/c28-22(18-7-3-1-4-8-18)25-20-11-12-21(24-17-20)26-13-15-27(16-14-26)23(29)19-9-5-2-6-10-19/h1-12,17H,13-16H2,(H,25,28). The van der Waals surface area contributed by atoms with Crippen LogP contribution in [0.4, 0.5) is 11.5 Å².